The Labute approximate surface area is 162 Å². The van der Waals surface area contributed by atoms with E-state index in [1.165, 1.54) is 6.92 Å². The zero-order valence-electron chi connectivity index (χ0n) is 15.8. The molecule has 28 heavy (non-hydrogen) atoms. The van der Waals surface area contributed by atoms with Crippen LogP contribution in [0.25, 0.3) is 21.8 Å². The first kappa shape index (κ1) is 17.8. The SMILES string of the molecule is CC(=O)Nc1ccccc1Cn1c2cc(C)ccc2c2c(C(N)=O)cccc21. The van der Waals surface area contributed by atoms with E-state index in [1.54, 1.807) is 6.07 Å². The zero-order valence-corrected chi connectivity index (χ0v) is 15.8. The van der Waals surface area contributed by atoms with Gasteiger partial charge in [0, 0.05) is 34.5 Å². The normalized spacial score (nSPS) is 11.1. The number of nitrogens with two attached hydrogens (primary N) is 1. The molecule has 0 aliphatic heterocycles. The number of nitrogens with one attached hydrogen (secondary N) is 1. The molecular weight excluding hydrogens is 350 g/mol. The molecule has 4 aromatic rings. The van der Waals surface area contributed by atoms with Gasteiger partial charge in [0.05, 0.1) is 12.1 Å². The van der Waals surface area contributed by atoms with Gasteiger partial charge in [0.25, 0.3) is 0 Å². The molecule has 140 valence electrons. The topological polar surface area (TPSA) is 77.1 Å². The first-order chi connectivity index (χ1) is 13.5. The Balaban J connectivity index is 1.99. The Morgan fingerprint density at radius 2 is 1.79 bits per heavy atom. The molecule has 3 N–H and O–H groups in total. The first-order valence-electron chi connectivity index (χ1n) is 9.12. The zero-order chi connectivity index (χ0) is 19.8. The lowest BCUT2D eigenvalue weighted by Gasteiger charge is -2.13. The van der Waals surface area contributed by atoms with E-state index in [1.807, 2.05) is 55.5 Å². The Kier molecular flexibility index (Phi) is 4.35. The number of para-hydroxylation sites is 1. The Bertz CT molecular complexity index is 1240. The van der Waals surface area contributed by atoms with E-state index in [0.717, 1.165) is 38.6 Å². The molecule has 2 amide bonds. The van der Waals surface area contributed by atoms with Gasteiger partial charge in [-0.05, 0) is 42.3 Å². The molecule has 5 heteroatoms. The summed E-state index contributed by atoms with van der Waals surface area (Å²) in [5, 5.41) is 4.75. The van der Waals surface area contributed by atoms with Gasteiger partial charge in [-0.1, -0.05) is 36.4 Å². The maximum Gasteiger partial charge on any atom is 0.249 e. The van der Waals surface area contributed by atoms with Crippen molar-refractivity contribution in [3.8, 4) is 0 Å². The summed E-state index contributed by atoms with van der Waals surface area (Å²) in [7, 11) is 0. The van der Waals surface area contributed by atoms with Gasteiger partial charge in [0.1, 0.15) is 0 Å². The average Bonchev–Trinajstić information content (AvgIpc) is 2.96. The van der Waals surface area contributed by atoms with Crippen LogP contribution in [-0.4, -0.2) is 16.4 Å². The number of hydrogen-bond acceptors (Lipinski definition) is 2. The summed E-state index contributed by atoms with van der Waals surface area (Å²) in [6, 6.07) is 19.5. The summed E-state index contributed by atoms with van der Waals surface area (Å²) in [6.45, 7) is 4.10. The lowest BCUT2D eigenvalue weighted by Crippen LogP contribution is -2.11. The summed E-state index contributed by atoms with van der Waals surface area (Å²) in [6.07, 6.45) is 0. The molecule has 0 aliphatic rings. The number of aryl methyl sites for hydroxylation is 1. The van der Waals surface area contributed by atoms with Crippen LogP contribution in [-0.2, 0) is 11.3 Å². The third-order valence-electron chi connectivity index (χ3n) is 4.97. The predicted molar refractivity (Wildman–Crippen MR) is 113 cm³/mol. The van der Waals surface area contributed by atoms with E-state index in [2.05, 4.69) is 16.0 Å². The van der Waals surface area contributed by atoms with Gasteiger partial charge in [-0.2, -0.15) is 0 Å². The number of hydrogen-bond donors (Lipinski definition) is 2. The molecular formula is C23H21N3O2. The molecule has 0 fully saturated rings. The highest BCUT2D eigenvalue weighted by atomic mass is 16.1. The van der Waals surface area contributed by atoms with E-state index < -0.39 is 5.91 Å². The molecule has 4 rings (SSSR count). The standard InChI is InChI=1S/C23H21N3O2/c1-14-10-11-17-21(12-14)26(20-9-5-7-18(22(17)20)23(24)28)13-16-6-3-4-8-19(16)25-15(2)27/h3-12H,13H2,1-2H3,(H2,24,28)(H,25,27). The van der Waals surface area contributed by atoms with Crippen molar-refractivity contribution in [3.63, 3.8) is 0 Å². The number of rotatable bonds is 4. The first-order valence-corrected chi connectivity index (χ1v) is 9.12. The maximum atomic E-state index is 12.0. The lowest BCUT2D eigenvalue weighted by molar-refractivity contribution is -0.114. The van der Waals surface area contributed by atoms with Gasteiger partial charge in [0.2, 0.25) is 11.8 Å². The van der Waals surface area contributed by atoms with Crippen LogP contribution in [0.3, 0.4) is 0 Å². The molecule has 0 saturated heterocycles. The number of benzene rings is 3. The van der Waals surface area contributed by atoms with Crippen LogP contribution in [0.15, 0.2) is 60.7 Å². The third kappa shape index (κ3) is 3.01. The Morgan fingerprint density at radius 1 is 1.00 bits per heavy atom. The van der Waals surface area contributed by atoms with Gasteiger partial charge < -0.3 is 15.6 Å². The Morgan fingerprint density at radius 3 is 2.54 bits per heavy atom. The van der Waals surface area contributed by atoms with Crippen molar-refractivity contribution in [1.29, 1.82) is 0 Å². The van der Waals surface area contributed by atoms with Crippen molar-refractivity contribution in [2.45, 2.75) is 20.4 Å². The van der Waals surface area contributed by atoms with Crippen LogP contribution < -0.4 is 11.1 Å². The fourth-order valence-electron chi connectivity index (χ4n) is 3.77. The molecule has 5 nitrogen and oxygen atoms in total. The number of carbonyl (C=O) groups excluding carboxylic acids is 2. The van der Waals surface area contributed by atoms with Crippen molar-refractivity contribution < 1.29 is 9.59 Å². The van der Waals surface area contributed by atoms with Crippen LogP contribution in [0.5, 0.6) is 0 Å². The van der Waals surface area contributed by atoms with Crippen LogP contribution in [0.1, 0.15) is 28.4 Å². The highest BCUT2D eigenvalue weighted by Gasteiger charge is 2.17. The number of primary amides is 1. The highest BCUT2D eigenvalue weighted by Crippen LogP contribution is 2.33. The number of nitrogens with zero attached hydrogens (tertiary/aromatic N) is 1. The second-order valence-electron chi connectivity index (χ2n) is 7.01. The molecule has 0 unspecified atom stereocenters. The van der Waals surface area contributed by atoms with Gasteiger partial charge in [-0.25, -0.2) is 0 Å². The number of fused-ring (bicyclic) bond motifs is 3. The highest BCUT2D eigenvalue weighted by molar-refractivity contribution is 6.18. The molecule has 0 bridgehead atoms. The maximum absolute atomic E-state index is 12.0. The van der Waals surface area contributed by atoms with Crippen LogP contribution >= 0.6 is 0 Å². The van der Waals surface area contributed by atoms with Crippen LogP contribution in [0.4, 0.5) is 5.69 Å². The van der Waals surface area contributed by atoms with E-state index in [-0.39, 0.29) is 5.91 Å². The fraction of sp³-hybridized carbons (Fsp3) is 0.130. The van der Waals surface area contributed by atoms with Gasteiger partial charge in [0.15, 0.2) is 0 Å². The van der Waals surface area contributed by atoms with Crippen molar-refractivity contribution in [2.75, 3.05) is 5.32 Å². The van der Waals surface area contributed by atoms with E-state index in [4.69, 9.17) is 5.73 Å². The molecule has 0 spiro atoms. The summed E-state index contributed by atoms with van der Waals surface area (Å²) >= 11 is 0. The molecule has 1 aromatic heterocycles. The summed E-state index contributed by atoms with van der Waals surface area (Å²) in [5.74, 6) is -0.551. The van der Waals surface area contributed by atoms with E-state index in [0.29, 0.717) is 12.1 Å². The molecule has 0 radical (unpaired) electrons. The van der Waals surface area contributed by atoms with Crippen molar-refractivity contribution in [1.82, 2.24) is 4.57 Å². The molecule has 3 aromatic carbocycles. The summed E-state index contributed by atoms with van der Waals surface area (Å²) in [5.41, 5.74) is 11.0. The van der Waals surface area contributed by atoms with E-state index >= 15 is 0 Å². The van der Waals surface area contributed by atoms with Gasteiger partial charge in [-0.3, -0.25) is 9.59 Å². The van der Waals surface area contributed by atoms with Crippen LogP contribution in [0, 0.1) is 6.92 Å². The second kappa shape index (κ2) is 6.85. The Hall–Kier alpha value is -3.60. The molecule has 0 aliphatic carbocycles. The second-order valence-corrected chi connectivity index (χ2v) is 7.01. The molecule has 0 saturated carbocycles. The molecule has 0 atom stereocenters. The smallest absolute Gasteiger partial charge is 0.249 e. The summed E-state index contributed by atoms with van der Waals surface area (Å²) in [4.78, 5) is 23.6. The number of aromatic nitrogens is 1. The van der Waals surface area contributed by atoms with Gasteiger partial charge in [-0.15, -0.1) is 0 Å². The third-order valence-corrected chi connectivity index (χ3v) is 4.97. The lowest BCUT2D eigenvalue weighted by atomic mass is 10.1. The summed E-state index contributed by atoms with van der Waals surface area (Å²) < 4.78 is 2.17. The minimum absolute atomic E-state index is 0.110. The number of carbonyl (C=O) groups is 2. The van der Waals surface area contributed by atoms with Gasteiger partial charge >= 0.3 is 0 Å². The predicted octanol–water partition coefficient (Wildman–Crippen LogP) is 4.21. The number of anilines is 1. The minimum Gasteiger partial charge on any atom is -0.366 e. The van der Waals surface area contributed by atoms with Crippen LogP contribution in [0.2, 0.25) is 0 Å². The van der Waals surface area contributed by atoms with E-state index in [9.17, 15) is 9.59 Å². The molecule has 1 heterocycles. The number of amides is 2. The quantitative estimate of drug-likeness (QED) is 0.564. The van der Waals surface area contributed by atoms with Crippen molar-refractivity contribution in [2.24, 2.45) is 5.73 Å². The average molecular weight is 371 g/mol. The van der Waals surface area contributed by atoms with Crippen molar-refractivity contribution >= 4 is 39.3 Å². The largest absolute Gasteiger partial charge is 0.366 e. The fourth-order valence-corrected chi connectivity index (χ4v) is 3.77. The monoisotopic (exact) mass is 371 g/mol. The van der Waals surface area contributed by atoms with Crippen molar-refractivity contribution in [3.05, 3.63) is 77.4 Å². The minimum atomic E-state index is -0.441.